The van der Waals surface area contributed by atoms with Gasteiger partial charge in [0.1, 0.15) is 5.75 Å². The lowest BCUT2D eigenvalue weighted by atomic mass is 9.94. The minimum absolute atomic E-state index is 0.0343. The van der Waals surface area contributed by atoms with Crippen LogP contribution in [0.2, 0.25) is 0 Å². The third-order valence-electron chi connectivity index (χ3n) is 5.20. The zero-order valence-electron chi connectivity index (χ0n) is 16.0. The first-order valence-electron chi connectivity index (χ1n) is 9.67. The van der Waals surface area contributed by atoms with Crippen molar-refractivity contribution in [2.24, 2.45) is 0 Å². The Hall–Kier alpha value is -2.47. The van der Waals surface area contributed by atoms with Crippen LogP contribution in [0.3, 0.4) is 0 Å². The van der Waals surface area contributed by atoms with Crippen molar-refractivity contribution in [3.05, 3.63) is 59.7 Å². The van der Waals surface area contributed by atoms with E-state index >= 15 is 0 Å². The average Bonchev–Trinajstić information content (AvgIpc) is 2.70. The number of ether oxygens (including phenoxy) is 1. The molecule has 0 unspecified atom stereocenters. The normalized spacial score (nSPS) is 15.0. The minimum atomic E-state index is -2.92. The second kappa shape index (κ2) is 9.64. The van der Waals surface area contributed by atoms with E-state index in [0.29, 0.717) is 6.04 Å². The van der Waals surface area contributed by atoms with E-state index in [2.05, 4.69) is 22.0 Å². The number of benzene rings is 2. The fourth-order valence-corrected chi connectivity index (χ4v) is 3.71. The van der Waals surface area contributed by atoms with E-state index in [1.54, 1.807) is 6.07 Å². The molecule has 0 saturated heterocycles. The van der Waals surface area contributed by atoms with Crippen molar-refractivity contribution in [1.29, 1.82) is 0 Å². The molecule has 1 amide bonds. The van der Waals surface area contributed by atoms with Crippen LogP contribution >= 0.6 is 0 Å². The van der Waals surface area contributed by atoms with Crippen LogP contribution in [-0.2, 0) is 6.54 Å². The molecule has 0 aromatic heterocycles. The molecular formula is C22H26F2N2O2. The molecule has 1 aliphatic rings. The number of alkyl halides is 2. The molecule has 1 N–H and O–H groups in total. The van der Waals surface area contributed by atoms with E-state index in [4.69, 9.17) is 0 Å². The third kappa shape index (κ3) is 5.52. The second-order valence-corrected chi connectivity index (χ2v) is 7.22. The van der Waals surface area contributed by atoms with Crippen molar-refractivity contribution in [2.45, 2.75) is 51.3 Å². The molecule has 0 heterocycles. The van der Waals surface area contributed by atoms with E-state index in [-0.39, 0.29) is 17.2 Å². The highest BCUT2D eigenvalue weighted by Crippen LogP contribution is 2.25. The largest absolute Gasteiger partial charge is 0.435 e. The molecule has 2 aromatic rings. The van der Waals surface area contributed by atoms with Gasteiger partial charge in [0.25, 0.3) is 5.91 Å². The van der Waals surface area contributed by atoms with E-state index < -0.39 is 6.61 Å². The molecule has 1 fully saturated rings. The maximum atomic E-state index is 12.6. The number of halogens is 2. The summed E-state index contributed by atoms with van der Waals surface area (Å²) in [5.74, 6) is -0.388. The highest BCUT2D eigenvalue weighted by atomic mass is 19.3. The number of anilines is 1. The minimum Gasteiger partial charge on any atom is -0.435 e. The first-order chi connectivity index (χ1) is 13.5. The molecule has 1 aliphatic carbocycles. The number of para-hydroxylation sites is 1. The lowest BCUT2D eigenvalue weighted by molar-refractivity contribution is -0.0498. The summed E-state index contributed by atoms with van der Waals surface area (Å²) in [6.45, 7) is -2.18. The van der Waals surface area contributed by atoms with Crippen LogP contribution in [0.25, 0.3) is 0 Å². The Morgan fingerprint density at radius 1 is 1.14 bits per heavy atom. The number of nitrogens with zero attached hydrogens (tertiary/aromatic N) is 1. The van der Waals surface area contributed by atoms with Crippen molar-refractivity contribution in [1.82, 2.24) is 4.90 Å². The summed E-state index contributed by atoms with van der Waals surface area (Å²) >= 11 is 0. The highest BCUT2D eigenvalue weighted by Gasteiger charge is 2.19. The lowest BCUT2D eigenvalue weighted by Crippen LogP contribution is -2.33. The number of carbonyl (C=O) groups excluding carboxylic acids is 1. The molecular weight excluding hydrogens is 362 g/mol. The summed E-state index contributed by atoms with van der Waals surface area (Å²) in [6, 6.07) is 14.1. The number of nitrogens with one attached hydrogen (secondary N) is 1. The quantitative estimate of drug-likeness (QED) is 0.699. The van der Waals surface area contributed by atoms with Gasteiger partial charge in [0.15, 0.2) is 0 Å². The van der Waals surface area contributed by atoms with Crippen LogP contribution in [0.5, 0.6) is 5.75 Å². The van der Waals surface area contributed by atoms with Crippen LogP contribution in [0.4, 0.5) is 14.5 Å². The van der Waals surface area contributed by atoms with Crippen LogP contribution in [0, 0.1) is 0 Å². The molecule has 0 bridgehead atoms. The molecule has 2 aromatic carbocycles. The summed E-state index contributed by atoms with van der Waals surface area (Å²) < 4.78 is 29.2. The molecule has 3 rings (SSSR count). The van der Waals surface area contributed by atoms with Crippen molar-refractivity contribution in [3.8, 4) is 5.75 Å². The zero-order chi connectivity index (χ0) is 19.9. The first-order valence-corrected chi connectivity index (χ1v) is 9.67. The van der Waals surface area contributed by atoms with Gasteiger partial charge in [-0.2, -0.15) is 8.78 Å². The van der Waals surface area contributed by atoms with E-state index in [9.17, 15) is 13.6 Å². The summed E-state index contributed by atoms with van der Waals surface area (Å²) in [7, 11) is 2.12. The SMILES string of the molecule is CN(Cc1ccccc1NC(=O)c1cccc(OC(F)F)c1)C1CCCCC1. The Kier molecular flexibility index (Phi) is 6.98. The predicted molar refractivity (Wildman–Crippen MR) is 106 cm³/mol. The van der Waals surface area contributed by atoms with E-state index in [0.717, 1.165) is 17.8 Å². The Labute approximate surface area is 164 Å². The monoisotopic (exact) mass is 388 g/mol. The zero-order valence-corrected chi connectivity index (χ0v) is 16.0. The summed E-state index contributed by atoms with van der Waals surface area (Å²) in [6.07, 6.45) is 6.27. The van der Waals surface area contributed by atoms with Gasteiger partial charge in [0.05, 0.1) is 0 Å². The standard InChI is InChI=1S/C22H26F2N2O2/c1-26(18-10-3-2-4-11-18)15-17-8-5-6-13-20(17)25-21(27)16-9-7-12-19(14-16)28-22(23)24/h5-9,12-14,18,22H,2-4,10-11,15H2,1H3,(H,25,27). The van der Waals surface area contributed by atoms with Gasteiger partial charge in [-0.05, 0) is 49.7 Å². The molecule has 150 valence electrons. The van der Waals surface area contributed by atoms with Gasteiger partial charge in [-0.1, -0.05) is 43.5 Å². The van der Waals surface area contributed by atoms with Gasteiger partial charge in [-0.15, -0.1) is 0 Å². The fraction of sp³-hybridized carbons (Fsp3) is 0.409. The average molecular weight is 388 g/mol. The Morgan fingerprint density at radius 2 is 1.89 bits per heavy atom. The van der Waals surface area contributed by atoms with Gasteiger partial charge in [0.2, 0.25) is 0 Å². The molecule has 0 spiro atoms. The number of rotatable bonds is 7. The predicted octanol–water partition coefficient (Wildman–Crippen LogP) is 5.30. The van der Waals surface area contributed by atoms with Crippen molar-refractivity contribution in [2.75, 3.05) is 12.4 Å². The summed E-state index contributed by atoms with van der Waals surface area (Å²) in [4.78, 5) is 15.0. The molecule has 4 nitrogen and oxygen atoms in total. The van der Waals surface area contributed by atoms with Gasteiger partial charge in [-0.3, -0.25) is 9.69 Å². The molecule has 0 radical (unpaired) electrons. The lowest BCUT2D eigenvalue weighted by Gasteiger charge is -2.31. The molecule has 28 heavy (non-hydrogen) atoms. The van der Waals surface area contributed by atoms with Crippen LogP contribution < -0.4 is 10.1 Å². The molecule has 0 aliphatic heterocycles. The van der Waals surface area contributed by atoms with Crippen LogP contribution in [0.15, 0.2) is 48.5 Å². The number of carbonyl (C=O) groups is 1. The summed E-state index contributed by atoms with van der Waals surface area (Å²) in [5.41, 5.74) is 2.04. The Balaban J connectivity index is 1.69. The topological polar surface area (TPSA) is 41.6 Å². The third-order valence-corrected chi connectivity index (χ3v) is 5.20. The molecule has 6 heteroatoms. The maximum Gasteiger partial charge on any atom is 0.387 e. The van der Waals surface area contributed by atoms with Crippen molar-refractivity contribution in [3.63, 3.8) is 0 Å². The number of amides is 1. The number of hydrogen-bond acceptors (Lipinski definition) is 3. The fourth-order valence-electron chi connectivity index (χ4n) is 3.71. The summed E-state index contributed by atoms with van der Waals surface area (Å²) in [5, 5.41) is 2.91. The number of hydrogen-bond donors (Lipinski definition) is 1. The van der Waals surface area contributed by atoms with Gasteiger partial charge >= 0.3 is 6.61 Å². The smallest absolute Gasteiger partial charge is 0.387 e. The molecule has 1 saturated carbocycles. The van der Waals surface area contributed by atoms with E-state index in [1.165, 1.54) is 50.3 Å². The Bertz CT molecular complexity index is 792. The van der Waals surface area contributed by atoms with Gasteiger partial charge in [-0.25, -0.2) is 0 Å². The van der Waals surface area contributed by atoms with Crippen LogP contribution in [0.1, 0.15) is 48.0 Å². The van der Waals surface area contributed by atoms with E-state index in [1.807, 2.05) is 24.3 Å². The Morgan fingerprint density at radius 3 is 2.64 bits per heavy atom. The molecule has 0 atom stereocenters. The second-order valence-electron chi connectivity index (χ2n) is 7.22. The maximum absolute atomic E-state index is 12.6. The van der Waals surface area contributed by atoms with Crippen LogP contribution in [-0.4, -0.2) is 30.5 Å². The first kappa shape index (κ1) is 20.3. The van der Waals surface area contributed by atoms with Crippen molar-refractivity contribution >= 4 is 11.6 Å². The van der Waals surface area contributed by atoms with Gasteiger partial charge in [0, 0.05) is 23.8 Å². The van der Waals surface area contributed by atoms with Crippen molar-refractivity contribution < 1.29 is 18.3 Å². The highest BCUT2D eigenvalue weighted by molar-refractivity contribution is 6.04. The van der Waals surface area contributed by atoms with Gasteiger partial charge < -0.3 is 10.1 Å².